The van der Waals surface area contributed by atoms with Gasteiger partial charge in [-0.05, 0) is 43.5 Å². The fourth-order valence-corrected chi connectivity index (χ4v) is 2.57. The number of anilines is 1. The number of hydrogen-bond acceptors (Lipinski definition) is 3. The number of amides is 1. The van der Waals surface area contributed by atoms with E-state index in [1.54, 1.807) is 25.1 Å². The maximum Gasteiger partial charge on any atom is 0.231 e. The van der Waals surface area contributed by atoms with Crippen LogP contribution in [0.3, 0.4) is 0 Å². The lowest BCUT2D eigenvalue weighted by Gasteiger charge is -2.25. The van der Waals surface area contributed by atoms with Crippen molar-refractivity contribution in [3.8, 4) is 5.75 Å². The summed E-state index contributed by atoms with van der Waals surface area (Å²) in [7, 11) is 0. The molecular formula is C14H20N2O2. The fourth-order valence-electron chi connectivity index (χ4n) is 2.57. The highest BCUT2D eigenvalue weighted by Gasteiger charge is 2.39. The average Bonchev–Trinajstić information content (AvgIpc) is 2.84. The lowest BCUT2D eigenvalue weighted by Crippen LogP contribution is -2.40. The number of rotatable bonds is 3. The van der Waals surface area contributed by atoms with E-state index < -0.39 is 5.41 Å². The quantitative estimate of drug-likeness (QED) is 0.717. The SMILES string of the molecule is Cc1cc(NC(=O)C2(CN)CCCC2)ccc1O. The number of aromatic hydroxyl groups is 1. The van der Waals surface area contributed by atoms with Crippen molar-refractivity contribution in [3.63, 3.8) is 0 Å². The van der Waals surface area contributed by atoms with E-state index >= 15 is 0 Å². The summed E-state index contributed by atoms with van der Waals surface area (Å²) >= 11 is 0. The summed E-state index contributed by atoms with van der Waals surface area (Å²) in [6.07, 6.45) is 3.87. The lowest BCUT2D eigenvalue weighted by atomic mass is 9.85. The van der Waals surface area contributed by atoms with E-state index in [0.29, 0.717) is 6.54 Å². The molecule has 0 atom stereocenters. The third-order valence-electron chi connectivity index (χ3n) is 3.89. The van der Waals surface area contributed by atoms with Gasteiger partial charge in [-0.1, -0.05) is 12.8 Å². The van der Waals surface area contributed by atoms with Crippen LogP contribution in [0.5, 0.6) is 5.75 Å². The number of phenols is 1. The number of carbonyl (C=O) groups is 1. The number of aryl methyl sites for hydroxylation is 1. The van der Waals surface area contributed by atoms with Crippen LogP contribution in [0.2, 0.25) is 0 Å². The number of nitrogens with two attached hydrogens (primary N) is 1. The Balaban J connectivity index is 2.13. The summed E-state index contributed by atoms with van der Waals surface area (Å²) in [4.78, 5) is 12.3. The molecule has 4 N–H and O–H groups in total. The second kappa shape index (κ2) is 4.98. The molecule has 4 nitrogen and oxygen atoms in total. The van der Waals surface area contributed by atoms with Crippen molar-refractivity contribution in [3.05, 3.63) is 23.8 Å². The van der Waals surface area contributed by atoms with E-state index in [2.05, 4.69) is 5.32 Å². The van der Waals surface area contributed by atoms with Crippen LogP contribution in [0.25, 0.3) is 0 Å². The monoisotopic (exact) mass is 248 g/mol. The molecule has 0 aromatic heterocycles. The molecule has 1 aromatic carbocycles. The van der Waals surface area contributed by atoms with Crippen LogP contribution in [0, 0.1) is 12.3 Å². The van der Waals surface area contributed by atoms with Gasteiger partial charge in [0.15, 0.2) is 0 Å². The van der Waals surface area contributed by atoms with Gasteiger partial charge in [0.2, 0.25) is 5.91 Å². The molecule has 0 unspecified atom stereocenters. The Hall–Kier alpha value is -1.55. The number of benzene rings is 1. The first-order valence-corrected chi connectivity index (χ1v) is 6.38. The molecule has 1 aliphatic rings. The minimum Gasteiger partial charge on any atom is -0.508 e. The van der Waals surface area contributed by atoms with Crippen LogP contribution >= 0.6 is 0 Å². The Bertz CT molecular complexity index is 451. The molecule has 0 aliphatic heterocycles. The van der Waals surface area contributed by atoms with Crippen LogP contribution in [-0.4, -0.2) is 17.6 Å². The number of nitrogens with one attached hydrogen (secondary N) is 1. The molecule has 18 heavy (non-hydrogen) atoms. The van der Waals surface area contributed by atoms with Crippen LogP contribution in [-0.2, 0) is 4.79 Å². The number of hydrogen-bond donors (Lipinski definition) is 3. The summed E-state index contributed by atoms with van der Waals surface area (Å²) in [5.41, 5.74) is 6.85. The summed E-state index contributed by atoms with van der Waals surface area (Å²) in [6, 6.07) is 5.07. The molecule has 1 aromatic rings. The first kappa shape index (κ1) is 12.9. The van der Waals surface area contributed by atoms with E-state index in [9.17, 15) is 9.90 Å². The molecule has 0 spiro atoms. The molecular weight excluding hydrogens is 228 g/mol. The molecule has 98 valence electrons. The zero-order valence-corrected chi connectivity index (χ0v) is 10.7. The van der Waals surface area contributed by atoms with Crippen molar-refractivity contribution < 1.29 is 9.90 Å². The van der Waals surface area contributed by atoms with Gasteiger partial charge in [0.05, 0.1) is 5.41 Å². The van der Waals surface area contributed by atoms with Crippen LogP contribution in [0.4, 0.5) is 5.69 Å². The van der Waals surface area contributed by atoms with Gasteiger partial charge in [0, 0.05) is 12.2 Å². The third kappa shape index (κ3) is 2.34. The van der Waals surface area contributed by atoms with Crippen molar-refractivity contribution in [1.29, 1.82) is 0 Å². The second-order valence-electron chi connectivity index (χ2n) is 5.15. The van der Waals surface area contributed by atoms with Crippen LogP contribution in [0.1, 0.15) is 31.2 Å². The van der Waals surface area contributed by atoms with Gasteiger partial charge in [-0.15, -0.1) is 0 Å². The predicted molar refractivity (Wildman–Crippen MR) is 71.4 cm³/mol. The highest BCUT2D eigenvalue weighted by molar-refractivity contribution is 5.95. The highest BCUT2D eigenvalue weighted by Crippen LogP contribution is 2.38. The smallest absolute Gasteiger partial charge is 0.231 e. The Kier molecular flexibility index (Phi) is 3.57. The molecule has 1 aliphatic carbocycles. The number of phenolic OH excluding ortho intramolecular Hbond substituents is 1. The third-order valence-corrected chi connectivity index (χ3v) is 3.89. The van der Waals surface area contributed by atoms with Gasteiger partial charge < -0.3 is 16.2 Å². The van der Waals surface area contributed by atoms with Crippen molar-refractivity contribution in [2.75, 3.05) is 11.9 Å². The standard InChI is InChI=1S/C14H20N2O2/c1-10-8-11(4-5-12(10)17)16-13(18)14(9-15)6-2-3-7-14/h4-5,8,17H,2-3,6-7,9,15H2,1H3,(H,16,18). The average molecular weight is 248 g/mol. The minimum atomic E-state index is -0.397. The van der Waals surface area contributed by atoms with Crippen LogP contribution < -0.4 is 11.1 Å². The van der Waals surface area contributed by atoms with E-state index in [4.69, 9.17) is 5.73 Å². The summed E-state index contributed by atoms with van der Waals surface area (Å²) in [5, 5.41) is 12.4. The van der Waals surface area contributed by atoms with E-state index in [1.807, 2.05) is 0 Å². The largest absolute Gasteiger partial charge is 0.508 e. The van der Waals surface area contributed by atoms with Gasteiger partial charge >= 0.3 is 0 Å². The van der Waals surface area contributed by atoms with Crippen molar-refractivity contribution in [2.45, 2.75) is 32.6 Å². The van der Waals surface area contributed by atoms with E-state index in [1.165, 1.54) is 0 Å². The van der Waals surface area contributed by atoms with E-state index in [0.717, 1.165) is 36.9 Å². The molecule has 1 saturated carbocycles. The Morgan fingerprint density at radius 2 is 2.11 bits per heavy atom. The summed E-state index contributed by atoms with van der Waals surface area (Å²) < 4.78 is 0. The molecule has 1 amide bonds. The van der Waals surface area contributed by atoms with Gasteiger partial charge in [-0.3, -0.25) is 4.79 Å². The second-order valence-corrected chi connectivity index (χ2v) is 5.15. The molecule has 4 heteroatoms. The summed E-state index contributed by atoms with van der Waals surface area (Å²) in [5.74, 6) is 0.245. The normalized spacial score (nSPS) is 17.7. The Morgan fingerprint density at radius 3 is 2.67 bits per heavy atom. The molecule has 1 fully saturated rings. The molecule has 0 heterocycles. The Morgan fingerprint density at radius 1 is 1.44 bits per heavy atom. The predicted octanol–water partition coefficient (Wildman–Crippen LogP) is 2.16. The Labute approximate surface area is 107 Å². The maximum atomic E-state index is 12.3. The maximum absolute atomic E-state index is 12.3. The van der Waals surface area contributed by atoms with Gasteiger partial charge in [-0.25, -0.2) is 0 Å². The van der Waals surface area contributed by atoms with Crippen molar-refractivity contribution in [2.24, 2.45) is 11.1 Å². The van der Waals surface area contributed by atoms with Crippen molar-refractivity contribution >= 4 is 11.6 Å². The van der Waals surface area contributed by atoms with Gasteiger partial charge in [-0.2, -0.15) is 0 Å². The number of carbonyl (C=O) groups excluding carboxylic acids is 1. The van der Waals surface area contributed by atoms with Gasteiger partial charge in [0.1, 0.15) is 5.75 Å². The van der Waals surface area contributed by atoms with Crippen molar-refractivity contribution in [1.82, 2.24) is 0 Å². The first-order chi connectivity index (χ1) is 8.57. The first-order valence-electron chi connectivity index (χ1n) is 6.38. The zero-order chi connectivity index (χ0) is 13.2. The van der Waals surface area contributed by atoms with E-state index in [-0.39, 0.29) is 11.7 Å². The lowest BCUT2D eigenvalue weighted by molar-refractivity contribution is -0.124. The van der Waals surface area contributed by atoms with Crippen LogP contribution in [0.15, 0.2) is 18.2 Å². The fraction of sp³-hybridized carbons (Fsp3) is 0.500. The minimum absolute atomic E-state index is 0.00703. The zero-order valence-electron chi connectivity index (χ0n) is 10.7. The van der Waals surface area contributed by atoms with Gasteiger partial charge in [0.25, 0.3) is 0 Å². The highest BCUT2D eigenvalue weighted by atomic mass is 16.3. The molecule has 0 saturated heterocycles. The molecule has 2 rings (SSSR count). The topological polar surface area (TPSA) is 75.4 Å². The summed E-state index contributed by atoms with van der Waals surface area (Å²) in [6.45, 7) is 2.20. The molecule has 0 radical (unpaired) electrons. The molecule has 0 bridgehead atoms.